The molecule has 1 heterocycles. The molecule has 2 amide bonds. The summed E-state index contributed by atoms with van der Waals surface area (Å²) in [6.07, 6.45) is 0.258. The highest BCUT2D eigenvalue weighted by molar-refractivity contribution is 5.89. The summed E-state index contributed by atoms with van der Waals surface area (Å²) in [5, 5.41) is 0. The Morgan fingerprint density at radius 3 is 2.54 bits per heavy atom. The minimum Gasteiger partial charge on any atom is -0.338 e. The quantitative estimate of drug-likeness (QED) is 0.831. The molecular weight excluding hydrogens is 302 g/mol. The van der Waals surface area contributed by atoms with Gasteiger partial charge in [-0.15, -0.1) is 0 Å². The Labute approximate surface area is 141 Å². The number of carbonyl (C=O) groups excluding carboxylic acids is 2. The average molecular weight is 323 g/mol. The molecular formula is C19H21N3O2. The monoisotopic (exact) mass is 323 g/mol. The van der Waals surface area contributed by atoms with Gasteiger partial charge in [0.15, 0.2) is 0 Å². The van der Waals surface area contributed by atoms with Gasteiger partial charge >= 0.3 is 0 Å². The minimum absolute atomic E-state index is 0.0236. The Bertz CT molecular complexity index is 713. The molecule has 1 aliphatic heterocycles. The molecule has 24 heavy (non-hydrogen) atoms. The maximum Gasteiger partial charge on any atom is 0.243 e. The van der Waals surface area contributed by atoms with E-state index in [2.05, 4.69) is 10.9 Å². The first-order valence-corrected chi connectivity index (χ1v) is 8.06. The molecule has 3 rings (SSSR count). The van der Waals surface area contributed by atoms with Crippen molar-refractivity contribution in [3.63, 3.8) is 0 Å². The molecule has 5 nitrogen and oxygen atoms in total. The highest BCUT2D eigenvalue weighted by Crippen LogP contribution is 2.20. The fraction of sp³-hybridized carbons (Fsp3) is 0.263. The van der Waals surface area contributed by atoms with Gasteiger partial charge in [0.05, 0.1) is 11.6 Å². The summed E-state index contributed by atoms with van der Waals surface area (Å²) >= 11 is 0. The minimum atomic E-state index is -0.320. The maximum atomic E-state index is 12.3. The van der Waals surface area contributed by atoms with Crippen LogP contribution >= 0.6 is 0 Å². The van der Waals surface area contributed by atoms with E-state index in [9.17, 15) is 9.59 Å². The number of anilines is 1. The van der Waals surface area contributed by atoms with E-state index in [1.165, 1.54) is 5.56 Å². The van der Waals surface area contributed by atoms with E-state index >= 15 is 0 Å². The Morgan fingerprint density at radius 1 is 1.12 bits per heavy atom. The molecule has 1 saturated heterocycles. The van der Waals surface area contributed by atoms with Gasteiger partial charge in [0.2, 0.25) is 11.8 Å². The van der Waals surface area contributed by atoms with Gasteiger partial charge in [-0.1, -0.05) is 48.0 Å². The Morgan fingerprint density at radius 2 is 1.83 bits per heavy atom. The number of nitrogens with zero attached hydrogens (tertiary/aromatic N) is 1. The number of para-hydroxylation sites is 1. The van der Waals surface area contributed by atoms with E-state index < -0.39 is 0 Å². The van der Waals surface area contributed by atoms with E-state index in [1.807, 2.05) is 61.5 Å². The third kappa shape index (κ3) is 3.93. The first-order valence-electron chi connectivity index (χ1n) is 8.06. The molecule has 2 N–H and O–H groups in total. The van der Waals surface area contributed by atoms with Gasteiger partial charge in [-0.2, -0.15) is 0 Å². The van der Waals surface area contributed by atoms with Crippen LogP contribution in [0.15, 0.2) is 54.6 Å². The molecule has 1 unspecified atom stereocenters. The number of hydrazine groups is 1. The van der Waals surface area contributed by atoms with Crippen LogP contribution in [0.2, 0.25) is 0 Å². The summed E-state index contributed by atoms with van der Waals surface area (Å²) in [5.41, 5.74) is 8.65. The lowest BCUT2D eigenvalue weighted by molar-refractivity contribution is -0.129. The molecule has 0 spiro atoms. The van der Waals surface area contributed by atoms with Gasteiger partial charge in [0.1, 0.15) is 0 Å². The Kier molecular flexibility index (Phi) is 4.79. The topological polar surface area (TPSA) is 61.4 Å². The van der Waals surface area contributed by atoms with E-state index in [1.54, 1.807) is 4.90 Å². The molecule has 124 valence electrons. The van der Waals surface area contributed by atoms with Crippen LogP contribution in [0.4, 0.5) is 5.69 Å². The SMILES string of the molecule is Cc1ccc(CN2CC(C(=O)NNc3ccccc3)CC2=O)cc1. The van der Waals surface area contributed by atoms with Gasteiger partial charge in [-0.3, -0.25) is 20.4 Å². The number of hydrogen-bond donors (Lipinski definition) is 2. The predicted octanol–water partition coefficient (Wildman–Crippen LogP) is 2.49. The second-order valence-corrected chi connectivity index (χ2v) is 6.14. The smallest absolute Gasteiger partial charge is 0.243 e. The number of carbonyl (C=O) groups is 2. The third-order valence-electron chi connectivity index (χ3n) is 4.18. The Hall–Kier alpha value is -2.82. The molecule has 0 aliphatic carbocycles. The van der Waals surface area contributed by atoms with Crippen molar-refractivity contribution < 1.29 is 9.59 Å². The van der Waals surface area contributed by atoms with Crippen molar-refractivity contribution >= 4 is 17.5 Å². The van der Waals surface area contributed by atoms with Crippen molar-refractivity contribution in [1.82, 2.24) is 10.3 Å². The lowest BCUT2D eigenvalue weighted by Gasteiger charge is -2.17. The van der Waals surface area contributed by atoms with E-state index in [0.717, 1.165) is 11.3 Å². The number of nitrogens with one attached hydrogen (secondary N) is 2. The second-order valence-electron chi connectivity index (χ2n) is 6.14. The van der Waals surface area contributed by atoms with Crippen LogP contribution in [0.5, 0.6) is 0 Å². The fourth-order valence-electron chi connectivity index (χ4n) is 2.77. The van der Waals surface area contributed by atoms with Crippen molar-refractivity contribution in [2.45, 2.75) is 19.9 Å². The molecule has 5 heteroatoms. The van der Waals surface area contributed by atoms with Crippen LogP contribution in [0.25, 0.3) is 0 Å². The van der Waals surface area contributed by atoms with Gasteiger partial charge in [0.25, 0.3) is 0 Å². The van der Waals surface area contributed by atoms with Crippen molar-refractivity contribution in [2.75, 3.05) is 12.0 Å². The van der Waals surface area contributed by atoms with E-state index in [0.29, 0.717) is 13.1 Å². The van der Waals surface area contributed by atoms with Crippen LogP contribution in [-0.2, 0) is 16.1 Å². The lowest BCUT2D eigenvalue weighted by Crippen LogP contribution is -2.36. The highest BCUT2D eigenvalue weighted by atomic mass is 16.2. The van der Waals surface area contributed by atoms with Crippen LogP contribution in [0, 0.1) is 12.8 Å². The third-order valence-corrected chi connectivity index (χ3v) is 4.18. The van der Waals surface area contributed by atoms with Crippen molar-refractivity contribution in [2.24, 2.45) is 5.92 Å². The van der Waals surface area contributed by atoms with Crippen molar-refractivity contribution in [3.8, 4) is 0 Å². The summed E-state index contributed by atoms with van der Waals surface area (Å²) in [6, 6.07) is 17.5. The number of benzene rings is 2. The van der Waals surface area contributed by atoms with Crippen LogP contribution in [0.1, 0.15) is 17.5 Å². The fourth-order valence-corrected chi connectivity index (χ4v) is 2.77. The summed E-state index contributed by atoms with van der Waals surface area (Å²) in [5.74, 6) is -0.451. The number of amides is 2. The van der Waals surface area contributed by atoms with Gasteiger partial charge in [-0.05, 0) is 24.6 Å². The molecule has 0 radical (unpaired) electrons. The zero-order chi connectivity index (χ0) is 16.9. The highest BCUT2D eigenvalue weighted by Gasteiger charge is 2.34. The summed E-state index contributed by atoms with van der Waals surface area (Å²) in [6.45, 7) is 3.04. The number of aryl methyl sites for hydroxylation is 1. The molecule has 1 atom stereocenters. The molecule has 1 fully saturated rings. The van der Waals surface area contributed by atoms with Crippen LogP contribution in [0.3, 0.4) is 0 Å². The van der Waals surface area contributed by atoms with E-state index in [4.69, 9.17) is 0 Å². The molecule has 1 aliphatic rings. The average Bonchev–Trinajstić information content (AvgIpc) is 2.96. The van der Waals surface area contributed by atoms with Gasteiger partial charge in [0, 0.05) is 19.5 Å². The van der Waals surface area contributed by atoms with E-state index in [-0.39, 0.29) is 24.2 Å². The van der Waals surface area contributed by atoms with Crippen LogP contribution in [-0.4, -0.2) is 23.3 Å². The van der Waals surface area contributed by atoms with Crippen molar-refractivity contribution in [3.05, 3.63) is 65.7 Å². The normalized spacial score (nSPS) is 17.0. The van der Waals surface area contributed by atoms with Gasteiger partial charge in [-0.25, -0.2) is 0 Å². The molecule has 2 aromatic rings. The molecule has 0 bridgehead atoms. The summed E-state index contributed by atoms with van der Waals surface area (Å²) in [4.78, 5) is 26.2. The summed E-state index contributed by atoms with van der Waals surface area (Å²) < 4.78 is 0. The lowest BCUT2D eigenvalue weighted by atomic mass is 10.1. The first-order chi connectivity index (χ1) is 11.6. The zero-order valence-corrected chi connectivity index (χ0v) is 13.7. The standard InChI is InChI=1S/C19H21N3O2/c1-14-7-9-15(10-8-14)12-22-13-16(11-18(22)23)19(24)21-20-17-5-3-2-4-6-17/h2-10,16,20H,11-13H2,1H3,(H,21,24). The number of hydrogen-bond acceptors (Lipinski definition) is 3. The molecule has 0 aromatic heterocycles. The number of likely N-dealkylation sites (tertiary alicyclic amines) is 1. The Balaban J connectivity index is 1.53. The van der Waals surface area contributed by atoms with Crippen molar-refractivity contribution in [1.29, 1.82) is 0 Å². The number of rotatable bonds is 5. The van der Waals surface area contributed by atoms with Crippen LogP contribution < -0.4 is 10.9 Å². The summed E-state index contributed by atoms with van der Waals surface area (Å²) in [7, 11) is 0. The molecule has 2 aromatic carbocycles. The first kappa shape index (κ1) is 16.1. The second kappa shape index (κ2) is 7.17. The zero-order valence-electron chi connectivity index (χ0n) is 13.7. The molecule has 0 saturated carbocycles. The predicted molar refractivity (Wildman–Crippen MR) is 92.9 cm³/mol. The van der Waals surface area contributed by atoms with Gasteiger partial charge < -0.3 is 4.90 Å². The maximum absolute atomic E-state index is 12.3. The largest absolute Gasteiger partial charge is 0.338 e.